The van der Waals surface area contributed by atoms with Gasteiger partial charge < -0.3 is 20.1 Å². The summed E-state index contributed by atoms with van der Waals surface area (Å²) < 4.78 is 10.7. The molecule has 0 aliphatic rings. The molecular weight excluding hydrogens is 328 g/mol. The molecule has 1 aromatic carbocycles. The largest absolute Gasteiger partial charge is 0.497 e. The van der Waals surface area contributed by atoms with E-state index in [1.807, 2.05) is 18.2 Å². The first-order valence-electron chi connectivity index (χ1n) is 9.34. The lowest BCUT2D eigenvalue weighted by Crippen LogP contribution is -2.41. The van der Waals surface area contributed by atoms with Crippen molar-refractivity contribution in [1.82, 2.24) is 15.5 Å². The second-order valence-electron chi connectivity index (χ2n) is 6.81. The molecule has 0 saturated carbocycles. The van der Waals surface area contributed by atoms with Crippen molar-refractivity contribution in [3.8, 4) is 11.5 Å². The number of aliphatic imine (C=N–C) groups is 1. The summed E-state index contributed by atoms with van der Waals surface area (Å²) in [6.45, 7) is 11.6. The van der Waals surface area contributed by atoms with Crippen LogP contribution in [0.4, 0.5) is 0 Å². The van der Waals surface area contributed by atoms with Crippen molar-refractivity contribution in [3.05, 3.63) is 23.8 Å². The van der Waals surface area contributed by atoms with Crippen molar-refractivity contribution < 1.29 is 9.47 Å². The highest BCUT2D eigenvalue weighted by atomic mass is 16.5. The van der Waals surface area contributed by atoms with Gasteiger partial charge in [0.15, 0.2) is 5.96 Å². The number of benzene rings is 1. The molecule has 2 N–H and O–H groups in total. The summed E-state index contributed by atoms with van der Waals surface area (Å²) in [6, 6.07) is 6.95. The zero-order valence-electron chi connectivity index (χ0n) is 17.4. The molecule has 6 nitrogen and oxygen atoms in total. The predicted molar refractivity (Wildman–Crippen MR) is 109 cm³/mol. The quantitative estimate of drug-likeness (QED) is 0.380. The monoisotopic (exact) mass is 364 g/mol. The number of hydrogen-bond donors (Lipinski definition) is 2. The maximum atomic E-state index is 5.44. The summed E-state index contributed by atoms with van der Waals surface area (Å²) in [4.78, 5) is 6.79. The average Bonchev–Trinajstić information content (AvgIpc) is 2.63. The molecule has 26 heavy (non-hydrogen) atoms. The first-order chi connectivity index (χ1) is 12.4. The van der Waals surface area contributed by atoms with Crippen LogP contribution in [0.3, 0.4) is 0 Å². The Balaban J connectivity index is 2.46. The van der Waals surface area contributed by atoms with E-state index in [0.717, 1.165) is 42.5 Å². The van der Waals surface area contributed by atoms with Crippen LogP contribution in [0.2, 0.25) is 0 Å². The van der Waals surface area contributed by atoms with Crippen molar-refractivity contribution in [2.45, 2.75) is 52.7 Å². The minimum atomic E-state index is 0.565. The van der Waals surface area contributed by atoms with Gasteiger partial charge in [-0.05, 0) is 46.2 Å². The standard InChI is InChI=1S/C20H36N4O2/c1-15(2)24(16(3)4)12-8-11-22-20(21-5)23-14-17-9-10-18(25-6)13-19(17)26-7/h9-10,13,15-16H,8,11-12,14H2,1-7H3,(H2,21,22,23). The van der Waals surface area contributed by atoms with Crippen LogP contribution in [0.25, 0.3) is 0 Å². The lowest BCUT2D eigenvalue weighted by molar-refractivity contribution is 0.173. The molecule has 148 valence electrons. The van der Waals surface area contributed by atoms with Crippen molar-refractivity contribution in [2.75, 3.05) is 34.4 Å². The van der Waals surface area contributed by atoms with Crippen molar-refractivity contribution in [3.63, 3.8) is 0 Å². The molecule has 1 rings (SSSR count). The summed E-state index contributed by atoms with van der Waals surface area (Å²) >= 11 is 0. The Bertz CT molecular complexity index is 551. The Kier molecular flexibility index (Phi) is 9.88. The second kappa shape index (κ2) is 11.6. The minimum absolute atomic E-state index is 0.565. The zero-order valence-corrected chi connectivity index (χ0v) is 17.4. The van der Waals surface area contributed by atoms with E-state index in [0.29, 0.717) is 18.6 Å². The van der Waals surface area contributed by atoms with Crippen LogP contribution in [0.15, 0.2) is 23.2 Å². The maximum Gasteiger partial charge on any atom is 0.191 e. The number of nitrogens with zero attached hydrogens (tertiary/aromatic N) is 2. The van der Waals surface area contributed by atoms with Gasteiger partial charge in [0.1, 0.15) is 11.5 Å². The summed E-state index contributed by atoms with van der Waals surface area (Å²) in [6.07, 6.45) is 1.07. The van der Waals surface area contributed by atoms with Crippen LogP contribution in [0.1, 0.15) is 39.7 Å². The molecular formula is C20H36N4O2. The van der Waals surface area contributed by atoms with E-state index in [4.69, 9.17) is 9.47 Å². The summed E-state index contributed by atoms with van der Waals surface area (Å²) in [7, 11) is 5.10. The van der Waals surface area contributed by atoms with Gasteiger partial charge in [-0.15, -0.1) is 0 Å². The third-order valence-electron chi connectivity index (χ3n) is 4.38. The highest BCUT2D eigenvalue weighted by molar-refractivity contribution is 5.79. The molecule has 0 aliphatic carbocycles. The normalized spacial score (nSPS) is 12.0. The Morgan fingerprint density at radius 2 is 1.77 bits per heavy atom. The van der Waals surface area contributed by atoms with Gasteiger partial charge in [-0.2, -0.15) is 0 Å². The number of methoxy groups -OCH3 is 2. The van der Waals surface area contributed by atoms with Crippen LogP contribution in [-0.2, 0) is 6.54 Å². The molecule has 0 bridgehead atoms. The van der Waals surface area contributed by atoms with Gasteiger partial charge in [-0.25, -0.2) is 0 Å². The summed E-state index contributed by atoms with van der Waals surface area (Å²) in [5.74, 6) is 2.38. The molecule has 0 heterocycles. The smallest absolute Gasteiger partial charge is 0.191 e. The zero-order chi connectivity index (χ0) is 19.5. The van der Waals surface area contributed by atoms with Crippen LogP contribution in [0, 0.1) is 0 Å². The van der Waals surface area contributed by atoms with Crippen LogP contribution < -0.4 is 20.1 Å². The van der Waals surface area contributed by atoms with E-state index >= 15 is 0 Å². The molecule has 1 aromatic rings. The number of rotatable bonds is 10. The fourth-order valence-corrected chi connectivity index (χ4v) is 2.98. The van der Waals surface area contributed by atoms with Gasteiger partial charge >= 0.3 is 0 Å². The molecule has 0 aromatic heterocycles. The highest BCUT2D eigenvalue weighted by Crippen LogP contribution is 2.24. The Morgan fingerprint density at radius 1 is 1.08 bits per heavy atom. The molecule has 0 fully saturated rings. The van der Waals surface area contributed by atoms with Gasteiger partial charge in [0.25, 0.3) is 0 Å². The lowest BCUT2D eigenvalue weighted by atomic mass is 10.2. The van der Waals surface area contributed by atoms with Gasteiger partial charge in [0.2, 0.25) is 0 Å². The van der Waals surface area contributed by atoms with Crippen molar-refractivity contribution >= 4 is 5.96 Å². The maximum absolute atomic E-state index is 5.44. The first-order valence-corrected chi connectivity index (χ1v) is 9.34. The molecule has 6 heteroatoms. The van der Waals surface area contributed by atoms with E-state index in [1.54, 1.807) is 21.3 Å². The van der Waals surface area contributed by atoms with E-state index < -0.39 is 0 Å². The fourth-order valence-electron chi connectivity index (χ4n) is 2.98. The number of hydrogen-bond acceptors (Lipinski definition) is 4. The topological polar surface area (TPSA) is 58.1 Å². The summed E-state index contributed by atoms with van der Waals surface area (Å²) in [5, 5.41) is 6.72. The Hall–Kier alpha value is -1.95. The Labute approximate surface area is 159 Å². The summed E-state index contributed by atoms with van der Waals surface area (Å²) in [5.41, 5.74) is 1.06. The predicted octanol–water partition coefficient (Wildman–Crippen LogP) is 2.88. The minimum Gasteiger partial charge on any atom is -0.497 e. The number of ether oxygens (including phenoxy) is 2. The van der Waals surface area contributed by atoms with Crippen molar-refractivity contribution in [1.29, 1.82) is 0 Å². The molecule has 0 unspecified atom stereocenters. The lowest BCUT2D eigenvalue weighted by Gasteiger charge is -2.30. The molecule has 0 amide bonds. The van der Waals surface area contributed by atoms with Crippen LogP contribution in [0.5, 0.6) is 11.5 Å². The molecule has 0 saturated heterocycles. The van der Waals surface area contributed by atoms with Gasteiger partial charge in [0, 0.05) is 50.4 Å². The van der Waals surface area contributed by atoms with Gasteiger partial charge in [-0.3, -0.25) is 9.89 Å². The molecule has 0 aliphatic heterocycles. The van der Waals surface area contributed by atoms with Gasteiger partial charge in [-0.1, -0.05) is 0 Å². The highest BCUT2D eigenvalue weighted by Gasteiger charge is 2.12. The van der Waals surface area contributed by atoms with Gasteiger partial charge in [0.05, 0.1) is 14.2 Å². The molecule has 0 radical (unpaired) electrons. The Morgan fingerprint density at radius 3 is 2.31 bits per heavy atom. The van der Waals surface area contributed by atoms with E-state index in [-0.39, 0.29) is 0 Å². The first kappa shape index (κ1) is 22.1. The van der Waals surface area contributed by atoms with Crippen molar-refractivity contribution in [2.24, 2.45) is 4.99 Å². The number of nitrogens with one attached hydrogen (secondary N) is 2. The van der Waals surface area contributed by atoms with E-state index in [9.17, 15) is 0 Å². The van der Waals surface area contributed by atoms with Crippen LogP contribution in [-0.4, -0.2) is 57.3 Å². The van der Waals surface area contributed by atoms with E-state index in [1.165, 1.54) is 0 Å². The van der Waals surface area contributed by atoms with E-state index in [2.05, 4.69) is 48.2 Å². The third-order valence-corrected chi connectivity index (χ3v) is 4.38. The molecule has 0 spiro atoms. The second-order valence-corrected chi connectivity index (χ2v) is 6.81. The third kappa shape index (κ3) is 7.12. The SMILES string of the molecule is CN=C(NCCCN(C(C)C)C(C)C)NCc1ccc(OC)cc1OC. The molecule has 0 atom stereocenters. The fraction of sp³-hybridized carbons (Fsp3) is 0.650. The number of guanidine groups is 1. The average molecular weight is 365 g/mol. The van der Waals surface area contributed by atoms with Crippen LogP contribution >= 0.6 is 0 Å².